The molecule has 112 valence electrons. The molecule has 3 rings (SSSR count). The lowest BCUT2D eigenvalue weighted by molar-refractivity contribution is 0.199. The van der Waals surface area contributed by atoms with E-state index in [-0.39, 0.29) is 0 Å². The van der Waals surface area contributed by atoms with Crippen LogP contribution in [0.25, 0.3) is 0 Å². The molecule has 1 saturated heterocycles. The van der Waals surface area contributed by atoms with Crippen LogP contribution in [0, 0.1) is 0 Å². The maximum Gasteiger partial charge on any atom is 0.0532 e. The van der Waals surface area contributed by atoms with Gasteiger partial charge in [0.25, 0.3) is 0 Å². The van der Waals surface area contributed by atoms with E-state index in [1.807, 2.05) is 12.4 Å². The third kappa shape index (κ3) is 4.41. The Kier molecular flexibility index (Phi) is 5.03. The van der Waals surface area contributed by atoms with Crippen molar-refractivity contribution in [2.75, 3.05) is 19.6 Å². The zero-order valence-corrected chi connectivity index (χ0v) is 12.5. The topological polar surface area (TPSA) is 44.0 Å². The molecule has 2 heterocycles. The molecule has 0 aliphatic carbocycles. The third-order valence-corrected chi connectivity index (χ3v) is 4.30. The summed E-state index contributed by atoms with van der Waals surface area (Å²) in [5.74, 6) is 0. The van der Waals surface area contributed by atoms with Gasteiger partial charge in [-0.1, -0.05) is 30.3 Å². The molecule has 4 nitrogen and oxygen atoms in total. The highest BCUT2D eigenvalue weighted by Crippen LogP contribution is 2.12. The van der Waals surface area contributed by atoms with Gasteiger partial charge >= 0.3 is 0 Å². The Balaban J connectivity index is 1.35. The number of piperidine rings is 1. The largest absolute Gasteiger partial charge is 0.310 e. The van der Waals surface area contributed by atoms with Crippen LogP contribution in [0.2, 0.25) is 0 Å². The number of aromatic nitrogens is 2. The second kappa shape index (κ2) is 7.38. The third-order valence-electron chi connectivity index (χ3n) is 4.30. The number of hydrogen-bond acceptors (Lipinski definition) is 3. The predicted molar refractivity (Wildman–Crippen MR) is 85.0 cm³/mol. The van der Waals surface area contributed by atoms with Crippen LogP contribution in [0.1, 0.15) is 24.0 Å². The number of benzene rings is 1. The van der Waals surface area contributed by atoms with Crippen LogP contribution in [0.5, 0.6) is 0 Å². The molecule has 0 radical (unpaired) electrons. The number of likely N-dealkylation sites (tertiary alicyclic amines) is 1. The van der Waals surface area contributed by atoms with E-state index in [4.69, 9.17) is 0 Å². The second-order valence-corrected chi connectivity index (χ2v) is 5.84. The molecular formula is C17H24N4. The van der Waals surface area contributed by atoms with Gasteiger partial charge in [0, 0.05) is 30.9 Å². The summed E-state index contributed by atoms with van der Waals surface area (Å²) in [6.45, 7) is 4.51. The van der Waals surface area contributed by atoms with E-state index in [1.54, 1.807) is 0 Å². The first-order chi connectivity index (χ1) is 10.4. The van der Waals surface area contributed by atoms with E-state index in [1.165, 1.54) is 43.6 Å². The smallest absolute Gasteiger partial charge is 0.0532 e. The molecule has 0 bridgehead atoms. The van der Waals surface area contributed by atoms with Crippen LogP contribution in [0.15, 0.2) is 42.7 Å². The summed E-state index contributed by atoms with van der Waals surface area (Å²) in [5.41, 5.74) is 2.68. The molecule has 1 aliphatic heterocycles. The summed E-state index contributed by atoms with van der Waals surface area (Å²) >= 11 is 0. The maximum absolute atomic E-state index is 3.98. The fourth-order valence-electron chi connectivity index (χ4n) is 2.93. The van der Waals surface area contributed by atoms with Gasteiger partial charge in [-0.3, -0.25) is 5.10 Å². The van der Waals surface area contributed by atoms with Crippen molar-refractivity contribution < 1.29 is 0 Å². The molecule has 4 heteroatoms. The van der Waals surface area contributed by atoms with E-state index >= 15 is 0 Å². The lowest BCUT2D eigenvalue weighted by Crippen LogP contribution is -2.42. The fraction of sp³-hybridized carbons (Fsp3) is 0.471. The summed E-state index contributed by atoms with van der Waals surface area (Å²) in [7, 11) is 0. The van der Waals surface area contributed by atoms with Gasteiger partial charge in [-0.2, -0.15) is 5.10 Å². The average molecular weight is 284 g/mol. The molecule has 0 spiro atoms. The Morgan fingerprint density at radius 2 is 1.95 bits per heavy atom. The van der Waals surface area contributed by atoms with Gasteiger partial charge in [0.2, 0.25) is 0 Å². The van der Waals surface area contributed by atoms with Crippen molar-refractivity contribution in [3.63, 3.8) is 0 Å². The van der Waals surface area contributed by atoms with Crippen molar-refractivity contribution in [1.82, 2.24) is 20.4 Å². The fourth-order valence-corrected chi connectivity index (χ4v) is 2.93. The Bertz CT molecular complexity index is 501. The van der Waals surface area contributed by atoms with Crippen molar-refractivity contribution in [3.05, 3.63) is 53.9 Å². The Morgan fingerprint density at radius 3 is 2.67 bits per heavy atom. The lowest BCUT2D eigenvalue weighted by atomic mass is 10.0. The van der Waals surface area contributed by atoms with E-state index in [0.717, 1.165) is 13.0 Å². The minimum Gasteiger partial charge on any atom is -0.310 e. The van der Waals surface area contributed by atoms with E-state index < -0.39 is 0 Å². The highest BCUT2D eigenvalue weighted by Gasteiger charge is 2.18. The van der Waals surface area contributed by atoms with Crippen molar-refractivity contribution in [1.29, 1.82) is 0 Å². The highest BCUT2D eigenvalue weighted by atomic mass is 15.1. The second-order valence-electron chi connectivity index (χ2n) is 5.84. The summed E-state index contributed by atoms with van der Waals surface area (Å²) in [5, 5.41) is 10.5. The number of aromatic amines is 1. The molecule has 0 saturated carbocycles. The highest BCUT2D eigenvalue weighted by molar-refractivity contribution is 5.14. The summed E-state index contributed by atoms with van der Waals surface area (Å²) in [6, 6.07) is 11.4. The minimum atomic E-state index is 0.646. The van der Waals surface area contributed by atoms with Gasteiger partial charge in [-0.25, -0.2) is 0 Å². The Labute approximate surface area is 126 Å². The maximum atomic E-state index is 3.98. The first-order valence-corrected chi connectivity index (χ1v) is 7.87. The van der Waals surface area contributed by atoms with Crippen LogP contribution in [0.3, 0.4) is 0 Å². The minimum absolute atomic E-state index is 0.646. The number of hydrogen-bond donors (Lipinski definition) is 2. The summed E-state index contributed by atoms with van der Waals surface area (Å²) < 4.78 is 0. The molecule has 2 N–H and O–H groups in total. The molecule has 2 aromatic rings. The normalized spacial score (nSPS) is 17.1. The molecule has 1 aromatic heterocycles. The van der Waals surface area contributed by atoms with Crippen molar-refractivity contribution in [3.8, 4) is 0 Å². The molecule has 0 atom stereocenters. The van der Waals surface area contributed by atoms with Gasteiger partial charge in [-0.15, -0.1) is 0 Å². The molecular weight excluding hydrogens is 260 g/mol. The van der Waals surface area contributed by atoms with E-state index in [2.05, 4.69) is 50.7 Å². The standard InChI is InChI=1S/C17H24N4/c1-2-4-15(5-3-1)6-9-21-10-7-17(8-11-21)18-12-16-13-19-20-14-16/h1-5,13-14,17-18H,6-12H2,(H,19,20). The predicted octanol–water partition coefficient (Wildman–Crippen LogP) is 2.21. The number of H-pyrrole nitrogens is 1. The quantitative estimate of drug-likeness (QED) is 0.855. The zero-order chi connectivity index (χ0) is 14.3. The Morgan fingerprint density at radius 1 is 1.14 bits per heavy atom. The van der Waals surface area contributed by atoms with Gasteiger partial charge in [0.05, 0.1) is 6.20 Å². The van der Waals surface area contributed by atoms with Gasteiger partial charge in [0.15, 0.2) is 0 Å². The van der Waals surface area contributed by atoms with Crippen LogP contribution in [0.4, 0.5) is 0 Å². The van der Waals surface area contributed by atoms with Gasteiger partial charge < -0.3 is 10.2 Å². The monoisotopic (exact) mass is 284 g/mol. The molecule has 21 heavy (non-hydrogen) atoms. The number of nitrogens with zero attached hydrogens (tertiary/aromatic N) is 2. The zero-order valence-electron chi connectivity index (χ0n) is 12.5. The SMILES string of the molecule is c1ccc(CCN2CCC(NCc3cn[nH]c3)CC2)cc1. The Hall–Kier alpha value is -1.65. The molecule has 1 fully saturated rings. The van der Waals surface area contributed by atoms with Gasteiger partial charge in [0.1, 0.15) is 0 Å². The molecule has 0 amide bonds. The van der Waals surface area contributed by atoms with E-state index in [0.29, 0.717) is 6.04 Å². The first-order valence-electron chi connectivity index (χ1n) is 7.87. The lowest BCUT2D eigenvalue weighted by Gasteiger charge is -2.32. The van der Waals surface area contributed by atoms with Crippen molar-refractivity contribution in [2.45, 2.75) is 31.8 Å². The first kappa shape index (κ1) is 14.3. The molecule has 1 aromatic carbocycles. The van der Waals surface area contributed by atoms with Gasteiger partial charge in [-0.05, 0) is 37.9 Å². The van der Waals surface area contributed by atoms with E-state index in [9.17, 15) is 0 Å². The van der Waals surface area contributed by atoms with Crippen LogP contribution in [-0.2, 0) is 13.0 Å². The molecule has 1 aliphatic rings. The average Bonchev–Trinajstić information content (AvgIpc) is 3.06. The van der Waals surface area contributed by atoms with Crippen molar-refractivity contribution in [2.24, 2.45) is 0 Å². The summed E-state index contributed by atoms with van der Waals surface area (Å²) in [6.07, 6.45) is 7.50. The van der Waals surface area contributed by atoms with Crippen LogP contribution in [-0.4, -0.2) is 40.8 Å². The number of nitrogens with one attached hydrogen (secondary N) is 2. The van der Waals surface area contributed by atoms with Crippen LogP contribution >= 0.6 is 0 Å². The van der Waals surface area contributed by atoms with Crippen LogP contribution < -0.4 is 5.32 Å². The summed E-state index contributed by atoms with van der Waals surface area (Å²) in [4.78, 5) is 2.59. The molecule has 0 unspecified atom stereocenters. The van der Waals surface area contributed by atoms with Crippen molar-refractivity contribution >= 4 is 0 Å². The number of rotatable bonds is 6.